The second-order valence-electron chi connectivity index (χ2n) is 5.90. The molecule has 0 unspecified atom stereocenters. The summed E-state index contributed by atoms with van der Waals surface area (Å²) in [5.74, 6) is 0.806. The molecule has 0 amide bonds. The quantitative estimate of drug-likeness (QED) is 0.610. The van der Waals surface area contributed by atoms with Gasteiger partial charge in [0.2, 0.25) is 0 Å². The van der Waals surface area contributed by atoms with Gasteiger partial charge in [0.15, 0.2) is 0 Å². The number of fused-ring (bicyclic) bond motifs is 2. The normalized spacial score (nSPS) is 40.0. The minimum atomic E-state index is -0.165. The molecule has 0 aromatic carbocycles. The Bertz CT molecular complexity index is 305. The summed E-state index contributed by atoms with van der Waals surface area (Å²) in [6.07, 6.45) is 3.59. The van der Waals surface area contributed by atoms with E-state index in [2.05, 4.69) is 20.8 Å². The molecule has 0 aliphatic heterocycles. The molecule has 2 aliphatic carbocycles. The maximum absolute atomic E-state index is 11.5. The zero-order valence-corrected chi connectivity index (χ0v) is 11.1. The molecular formula is C12H21NO2S. The molecule has 2 rings (SSSR count). The van der Waals surface area contributed by atoms with Gasteiger partial charge in [-0.25, -0.2) is 0 Å². The zero-order chi connectivity index (χ0) is 12.0. The summed E-state index contributed by atoms with van der Waals surface area (Å²) in [6.45, 7) is 6.90. The third-order valence-electron chi connectivity index (χ3n) is 5.19. The second-order valence-corrected chi connectivity index (χ2v) is 6.52. The molecule has 92 valence electrons. The topological polar surface area (TPSA) is 52.3 Å². The molecule has 0 spiro atoms. The van der Waals surface area contributed by atoms with Crippen LogP contribution in [0.25, 0.3) is 0 Å². The first-order valence-corrected chi connectivity index (χ1v) is 6.98. The molecule has 16 heavy (non-hydrogen) atoms. The van der Waals surface area contributed by atoms with E-state index in [0.717, 1.165) is 18.4 Å². The predicted molar refractivity (Wildman–Crippen MR) is 65.8 cm³/mol. The summed E-state index contributed by atoms with van der Waals surface area (Å²) in [5, 5.41) is 5.28. The van der Waals surface area contributed by atoms with Crippen LogP contribution < -0.4 is 5.14 Å². The standard InChI is InChI=1S/C12H21NO2S/c1-11(2)8-4-5-12(11,3)9(6-8)15-10(14)7-16-13/h8-9H,4-7,13H2,1-3H3/t8-,9-,12-/m1/s1. The minimum Gasteiger partial charge on any atom is -0.461 e. The van der Waals surface area contributed by atoms with Crippen LogP contribution in [0.1, 0.15) is 40.0 Å². The van der Waals surface area contributed by atoms with E-state index in [-0.39, 0.29) is 23.2 Å². The fraction of sp³-hybridized carbons (Fsp3) is 0.917. The van der Waals surface area contributed by atoms with E-state index in [9.17, 15) is 4.79 Å². The van der Waals surface area contributed by atoms with Gasteiger partial charge in [0.25, 0.3) is 0 Å². The van der Waals surface area contributed by atoms with Gasteiger partial charge in [-0.3, -0.25) is 9.93 Å². The number of nitrogens with two attached hydrogens (primary N) is 1. The van der Waals surface area contributed by atoms with Gasteiger partial charge in [-0.1, -0.05) is 32.7 Å². The molecule has 3 atom stereocenters. The van der Waals surface area contributed by atoms with Crippen LogP contribution in [0.5, 0.6) is 0 Å². The Balaban J connectivity index is 2.07. The van der Waals surface area contributed by atoms with Crippen LogP contribution in [-0.2, 0) is 9.53 Å². The van der Waals surface area contributed by atoms with E-state index in [0.29, 0.717) is 11.3 Å². The summed E-state index contributed by atoms with van der Waals surface area (Å²) in [5.41, 5.74) is 0.459. The van der Waals surface area contributed by atoms with Crippen LogP contribution in [0.4, 0.5) is 0 Å². The van der Waals surface area contributed by atoms with Crippen LogP contribution in [0.15, 0.2) is 0 Å². The van der Waals surface area contributed by atoms with Crippen LogP contribution in [0.2, 0.25) is 0 Å². The van der Waals surface area contributed by atoms with Gasteiger partial charge >= 0.3 is 5.97 Å². The molecule has 0 radical (unpaired) electrons. The Kier molecular flexibility index (Phi) is 2.99. The number of rotatable bonds is 3. The van der Waals surface area contributed by atoms with E-state index < -0.39 is 0 Å². The lowest BCUT2D eigenvalue weighted by atomic mass is 9.70. The van der Waals surface area contributed by atoms with Gasteiger partial charge in [-0.05, 0) is 30.6 Å². The van der Waals surface area contributed by atoms with E-state index in [4.69, 9.17) is 9.88 Å². The van der Waals surface area contributed by atoms with Crippen LogP contribution in [0, 0.1) is 16.7 Å². The van der Waals surface area contributed by atoms with Crippen molar-refractivity contribution in [2.45, 2.75) is 46.1 Å². The summed E-state index contributed by atoms with van der Waals surface area (Å²) in [7, 11) is 0. The van der Waals surface area contributed by atoms with Crippen molar-refractivity contribution in [1.29, 1.82) is 0 Å². The molecule has 0 saturated heterocycles. The molecule has 4 heteroatoms. The van der Waals surface area contributed by atoms with Gasteiger partial charge in [0, 0.05) is 5.41 Å². The summed E-state index contributed by atoms with van der Waals surface area (Å²) < 4.78 is 5.58. The molecule has 2 aliphatic rings. The second kappa shape index (κ2) is 3.91. The van der Waals surface area contributed by atoms with Gasteiger partial charge in [0.1, 0.15) is 11.9 Å². The number of hydrogen-bond donors (Lipinski definition) is 1. The van der Waals surface area contributed by atoms with Crippen molar-refractivity contribution < 1.29 is 9.53 Å². The van der Waals surface area contributed by atoms with Gasteiger partial charge < -0.3 is 4.74 Å². The van der Waals surface area contributed by atoms with Gasteiger partial charge in [0.05, 0.1) is 0 Å². The fourth-order valence-corrected chi connectivity index (χ4v) is 3.77. The fourth-order valence-electron chi connectivity index (χ4n) is 3.57. The summed E-state index contributed by atoms with van der Waals surface area (Å²) in [4.78, 5) is 11.5. The van der Waals surface area contributed by atoms with Crippen LogP contribution in [0.3, 0.4) is 0 Å². The van der Waals surface area contributed by atoms with Crippen LogP contribution in [-0.4, -0.2) is 17.8 Å². The molecular weight excluding hydrogens is 222 g/mol. The van der Waals surface area contributed by atoms with Crippen molar-refractivity contribution in [3.63, 3.8) is 0 Å². The monoisotopic (exact) mass is 243 g/mol. The molecule has 2 fully saturated rings. The van der Waals surface area contributed by atoms with Crippen molar-refractivity contribution in [3.05, 3.63) is 0 Å². The lowest BCUT2D eigenvalue weighted by Crippen LogP contribution is -2.38. The number of carbonyl (C=O) groups excluding carboxylic acids is 1. The third-order valence-corrected chi connectivity index (χ3v) is 5.59. The third kappa shape index (κ3) is 1.58. The minimum absolute atomic E-state index is 0.0981. The zero-order valence-electron chi connectivity index (χ0n) is 10.3. The highest BCUT2D eigenvalue weighted by Crippen LogP contribution is 2.66. The van der Waals surface area contributed by atoms with Crippen molar-refractivity contribution >= 4 is 17.9 Å². The lowest BCUT2D eigenvalue weighted by Gasteiger charge is -2.38. The van der Waals surface area contributed by atoms with E-state index >= 15 is 0 Å². The highest BCUT2D eigenvalue weighted by molar-refractivity contribution is 7.97. The number of carbonyl (C=O) groups is 1. The number of hydrogen-bond acceptors (Lipinski definition) is 4. The molecule has 3 nitrogen and oxygen atoms in total. The maximum atomic E-state index is 11.5. The smallest absolute Gasteiger partial charge is 0.317 e. The Hall–Kier alpha value is -0.220. The Morgan fingerprint density at radius 2 is 2.19 bits per heavy atom. The van der Waals surface area contributed by atoms with E-state index in [1.165, 1.54) is 12.8 Å². The van der Waals surface area contributed by atoms with Crippen molar-refractivity contribution in [2.24, 2.45) is 21.9 Å². The van der Waals surface area contributed by atoms with Crippen LogP contribution >= 0.6 is 11.9 Å². The van der Waals surface area contributed by atoms with Gasteiger partial charge in [-0.2, -0.15) is 0 Å². The first kappa shape index (κ1) is 12.2. The average molecular weight is 243 g/mol. The molecule has 2 N–H and O–H groups in total. The van der Waals surface area contributed by atoms with E-state index in [1.807, 2.05) is 0 Å². The molecule has 2 bridgehead atoms. The number of ether oxygens (including phenoxy) is 1. The summed E-state index contributed by atoms with van der Waals surface area (Å²) in [6, 6.07) is 0. The molecule has 0 aromatic heterocycles. The largest absolute Gasteiger partial charge is 0.461 e. The van der Waals surface area contributed by atoms with Crippen molar-refractivity contribution in [2.75, 3.05) is 5.75 Å². The first-order valence-electron chi connectivity index (χ1n) is 5.93. The Labute approximate surface area is 102 Å². The SMILES string of the molecule is CC1(C)[C@@H]2CC[C@]1(C)[C@H](OC(=O)CSN)C2. The Morgan fingerprint density at radius 1 is 1.50 bits per heavy atom. The van der Waals surface area contributed by atoms with E-state index in [1.54, 1.807) is 0 Å². The Morgan fingerprint density at radius 3 is 2.62 bits per heavy atom. The lowest BCUT2D eigenvalue weighted by molar-refractivity contribution is -0.153. The van der Waals surface area contributed by atoms with Crippen molar-refractivity contribution in [3.8, 4) is 0 Å². The van der Waals surface area contributed by atoms with Gasteiger partial charge in [-0.15, -0.1) is 0 Å². The maximum Gasteiger partial charge on any atom is 0.317 e. The number of esters is 1. The first-order chi connectivity index (χ1) is 7.41. The summed E-state index contributed by atoms with van der Waals surface area (Å²) >= 11 is 1.04. The predicted octanol–water partition coefficient (Wildman–Crippen LogP) is 2.35. The highest BCUT2D eigenvalue weighted by atomic mass is 32.2. The average Bonchev–Trinajstić information content (AvgIpc) is 2.51. The highest BCUT2D eigenvalue weighted by Gasteiger charge is 2.62. The molecule has 0 heterocycles. The molecule has 0 aromatic rings. The van der Waals surface area contributed by atoms with Crippen molar-refractivity contribution in [1.82, 2.24) is 0 Å². The molecule has 2 saturated carbocycles.